The Morgan fingerprint density at radius 2 is 2.25 bits per heavy atom. The van der Waals surface area contributed by atoms with Crippen LogP contribution in [0.4, 0.5) is 0 Å². The molecule has 0 fully saturated rings. The van der Waals surface area contributed by atoms with E-state index in [4.69, 9.17) is 5.11 Å². The topological polar surface area (TPSA) is 49.3 Å². The molecule has 0 spiro atoms. The number of carbonyl (C=O) groups is 1. The largest absolute Gasteiger partial charge is 0.396 e. The molecular weight excluding hydrogens is 202 g/mol. The summed E-state index contributed by atoms with van der Waals surface area (Å²) in [5.41, 5.74) is 2.77. The Hall–Kier alpha value is -1.35. The average molecular weight is 219 g/mol. The van der Waals surface area contributed by atoms with Gasteiger partial charge in [-0.3, -0.25) is 4.79 Å². The summed E-state index contributed by atoms with van der Waals surface area (Å²) in [7, 11) is 0. The number of amides is 1. The van der Waals surface area contributed by atoms with Gasteiger partial charge in [-0.25, -0.2) is 0 Å². The molecule has 2 rings (SSSR count). The van der Waals surface area contributed by atoms with E-state index in [2.05, 4.69) is 23.5 Å². The monoisotopic (exact) mass is 219 g/mol. The van der Waals surface area contributed by atoms with Gasteiger partial charge in [0, 0.05) is 25.5 Å². The fourth-order valence-corrected chi connectivity index (χ4v) is 2.11. The van der Waals surface area contributed by atoms with Gasteiger partial charge in [-0.2, -0.15) is 0 Å². The smallest absolute Gasteiger partial charge is 0.220 e. The molecule has 0 saturated heterocycles. The third kappa shape index (κ3) is 2.42. The number of fused-ring (bicyclic) bond motifs is 1. The molecule has 0 saturated carbocycles. The minimum absolute atomic E-state index is 0.0402. The summed E-state index contributed by atoms with van der Waals surface area (Å²) < 4.78 is 0. The van der Waals surface area contributed by atoms with Gasteiger partial charge in [-0.05, 0) is 24.0 Å². The van der Waals surface area contributed by atoms with Crippen LogP contribution in [-0.2, 0) is 11.2 Å². The Bertz CT molecular complexity index is 376. The first-order chi connectivity index (χ1) is 7.81. The molecule has 1 unspecified atom stereocenters. The van der Waals surface area contributed by atoms with E-state index < -0.39 is 0 Å². The van der Waals surface area contributed by atoms with E-state index in [1.54, 1.807) is 0 Å². The van der Waals surface area contributed by atoms with Gasteiger partial charge in [0.25, 0.3) is 0 Å². The first-order valence-corrected chi connectivity index (χ1v) is 5.76. The summed E-state index contributed by atoms with van der Waals surface area (Å²) in [5, 5.41) is 11.5. The second-order valence-electron chi connectivity index (χ2n) is 4.23. The number of carbonyl (C=O) groups excluding carboxylic acids is 1. The van der Waals surface area contributed by atoms with Crippen molar-refractivity contribution in [2.24, 2.45) is 0 Å². The van der Waals surface area contributed by atoms with E-state index in [0.29, 0.717) is 18.8 Å². The molecule has 16 heavy (non-hydrogen) atoms. The highest BCUT2D eigenvalue weighted by Gasteiger charge is 2.25. The van der Waals surface area contributed by atoms with Crippen LogP contribution in [0.25, 0.3) is 0 Å². The predicted octanol–water partition coefficient (Wildman–Crippen LogP) is 1.21. The Kier molecular flexibility index (Phi) is 3.57. The normalized spacial score (nSPS) is 17.4. The lowest BCUT2D eigenvalue weighted by molar-refractivity contribution is -0.121. The van der Waals surface area contributed by atoms with Gasteiger partial charge < -0.3 is 10.4 Å². The highest BCUT2D eigenvalue weighted by Crippen LogP contribution is 2.33. The molecule has 0 aromatic heterocycles. The lowest BCUT2D eigenvalue weighted by atomic mass is 9.77. The standard InChI is InChI=1S/C13H17NO2/c15-7-3-6-13(16)14-9-11-8-10-4-1-2-5-12(10)11/h1-2,4-5,11,15H,3,6-9H2,(H,14,16). The Morgan fingerprint density at radius 3 is 3.00 bits per heavy atom. The molecule has 0 radical (unpaired) electrons. The van der Waals surface area contributed by atoms with Gasteiger partial charge in [0.15, 0.2) is 0 Å². The van der Waals surface area contributed by atoms with Gasteiger partial charge in [0.2, 0.25) is 5.91 Å². The highest BCUT2D eigenvalue weighted by atomic mass is 16.3. The van der Waals surface area contributed by atoms with E-state index in [0.717, 1.165) is 13.0 Å². The summed E-state index contributed by atoms with van der Waals surface area (Å²) >= 11 is 0. The number of aliphatic hydroxyl groups is 1. The van der Waals surface area contributed by atoms with Crippen molar-refractivity contribution in [3.8, 4) is 0 Å². The van der Waals surface area contributed by atoms with Crippen molar-refractivity contribution >= 4 is 5.91 Å². The molecule has 0 bridgehead atoms. The van der Waals surface area contributed by atoms with Gasteiger partial charge in [0.05, 0.1) is 0 Å². The summed E-state index contributed by atoms with van der Waals surface area (Å²) in [5.74, 6) is 0.521. The Balaban J connectivity index is 1.75. The molecule has 0 aliphatic heterocycles. The van der Waals surface area contributed by atoms with Crippen molar-refractivity contribution in [1.29, 1.82) is 0 Å². The zero-order valence-corrected chi connectivity index (χ0v) is 9.28. The molecule has 1 amide bonds. The molecule has 3 nitrogen and oxygen atoms in total. The maximum atomic E-state index is 11.3. The van der Waals surface area contributed by atoms with Gasteiger partial charge >= 0.3 is 0 Å². The van der Waals surface area contributed by atoms with Crippen LogP contribution in [0.3, 0.4) is 0 Å². The molecule has 2 N–H and O–H groups in total. The molecule has 1 atom stereocenters. The van der Waals surface area contributed by atoms with Crippen LogP contribution in [0, 0.1) is 0 Å². The zero-order chi connectivity index (χ0) is 11.4. The molecule has 3 heteroatoms. The van der Waals surface area contributed by atoms with Crippen LogP contribution in [0.1, 0.15) is 29.9 Å². The molecule has 1 aliphatic carbocycles. The lowest BCUT2D eigenvalue weighted by Crippen LogP contribution is -2.33. The number of hydrogen-bond acceptors (Lipinski definition) is 2. The summed E-state index contributed by atoms with van der Waals surface area (Å²) in [6.07, 6.45) is 2.04. The maximum Gasteiger partial charge on any atom is 0.220 e. The van der Waals surface area contributed by atoms with E-state index in [1.807, 2.05) is 6.07 Å². The second kappa shape index (κ2) is 5.12. The molecule has 1 aliphatic rings. The van der Waals surface area contributed by atoms with Crippen molar-refractivity contribution in [3.05, 3.63) is 35.4 Å². The summed E-state index contributed by atoms with van der Waals surface area (Å²) in [4.78, 5) is 11.3. The molecule has 1 aromatic rings. The SMILES string of the molecule is O=C(CCCO)NCC1Cc2ccccc21. The van der Waals surface area contributed by atoms with Crippen molar-refractivity contribution in [2.45, 2.75) is 25.2 Å². The highest BCUT2D eigenvalue weighted by molar-refractivity contribution is 5.75. The number of rotatable bonds is 5. The lowest BCUT2D eigenvalue weighted by Gasteiger charge is -2.30. The van der Waals surface area contributed by atoms with Crippen molar-refractivity contribution in [3.63, 3.8) is 0 Å². The summed E-state index contributed by atoms with van der Waals surface area (Å²) in [6.45, 7) is 0.807. The van der Waals surface area contributed by atoms with Gasteiger partial charge in [-0.15, -0.1) is 0 Å². The number of hydrogen-bond donors (Lipinski definition) is 2. The van der Waals surface area contributed by atoms with Crippen LogP contribution < -0.4 is 5.32 Å². The Morgan fingerprint density at radius 1 is 1.44 bits per heavy atom. The fraction of sp³-hybridized carbons (Fsp3) is 0.462. The fourth-order valence-electron chi connectivity index (χ4n) is 2.11. The second-order valence-corrected chi connectivity index (χ2v) is 4.23. The maximum absolute atomic E-state index is 11.3. The van der Waals surface area contributed by atoms with Crippen LogP contribution in [0.2, 0.25) is 0 Å². The minimum atomic E-state index is 0.0402. The van der Waals surface area contributed by atoms with Gasteiger partial charge in [-0.1, -0.05) is 24.3 Å². The van der Waals surface area contributed by atoms with Crippen LogP contribution in [-0.4, -0.2) is 24.2 Å². The molecular formula is C13H17NO2. The van der Waals surface area contributed by atoms with E-state index in [-0.39, 0.29) is 12.5 Å². The first kappa shape index (κ1) is 11.1. The van der Waals surface area contributed by atoms with E-state index in [1.165, 1.54) is 11.1 Å². The minimum Gasteiger partial charge on any atom is -0.396 e. The van der Waals surface area contributed by atoms with Crippen molar-refractivity contribution < 1.29 is 9.90 Å². The van der Waals surface area contributed by atoms with Crippen molar-refractivity contribution in [2.75, 3.05) is 13.2 Å². The predicted molar refractivity (Wildman–Crippen MR) is 62.2 cm³/mol. The van der Waals surface area contributed by atoms with E-state index >= 15 is 0 Å². The number of aliphatic hydroxyl groups excluding tert-OH is 1. The molecule has 86 valence electrons. The van der Waals surface area contributed by atoms with Crippen LogP contribution in [0.5, 0.6) is 0 Å². The average Bonchev–Trinajstić information content (AvgIpc) is 2.27. The molecule has 0 heterocycles. The Labute approximate surface area is 95.5 Å². The van der Waals surface area contributed by atoms with Crippen molar-refractivity contribution in [1.82, 2.24) is 5.32 Å². The van der Waals surface area contributed by atoms with Crippen LogP contribution in [0.15, 0.2) is 24.3 Å². The quantitative estimate of drug-likeness (QED) is 0.782. The first-order valence-electron chi connectivity index (χ1n) is 5.76. The van der Waals surface area contributed by atoms with Gasteiger partial charge in [0.1, 0.15) is 0 Å². The number of nitrogens with one attached hydrogen (secondary N) is 1. The molecule has 1 aromatic carbocycles. The third-order valence-corrected chi connectivity index (χ3v) is 3.07. The van der Waals surface area contributed by atoms with E-state index in [9.17, 15) is 4.79 Å². The van der Waals surface area contributed by atoms with Crippen LogP contribution >= 0.6 is 0 Å². The third-order valence-electron chi connectivity index (χ3n) is 3.07. The zero-order valence-electron chi connectivity index (χ0n) is 9.28. The number of benzene rings is 1. The summed E-state index contributed by atoms with van der Waals surface area (Å²) in [6, 6.07) is 8.36.